The molecule has 0 saturated heterocycles. The van der Waals surface area contributed by atoms with Crippen LogP contribution in [0.2, 0.25) is 5.02 Å². The molecule has 0 aliphatic rings. The van der Waals surface area contributed by atoms with Gasteiger partial charge in [0.25, 0.3) is 0 Å². The summed E-state index contributed by atoms with van der Waals surface area (Å²) in [6, 6.07) is 7.24. The lowest BCUT2D eigenvalue weighted by Crippen LogP contribution is -2.32. The lowest BCUT2D eigenvalue weighted by Gasteiger charge is -2.10. The number of hydrogen-bond acceptors (Lipinski definition) is 5. The molecule has 6 nitrogen and oxygen atoms in total. The minimum absolute atomic E-state index is 0.0900. The molecule has 2 aromatic rings. The third kappa shape index (κ3) is 5.58. The van der Waals surface area contributed by atoms with E-state index in [1.165, 1.54) is 11.8 Å². The van der Waals surface area contributed by atoms with E-state index in [4.69, 9.17) is 21.1 Å². The quantitative estimate of drug-likeness (QED) is 0.743. The van der Waals surface area contributed by atoms with Crippen molar-refractivity contribution in [3.05, 3.63) is 41.4 Å². The van der Waals surface area contributed by atoms with Crippen LogP contribution in [0.3, 0.4) is 0 Å². The second-order valence-electron chi connectivity index (χ2n) is 5.01. The van der Waals surface area contributed by atoms with E-state index in [1.54, 1.807) is 25.3 Å². The summed E-state index contributed by atoms with van der Waals surface area (Å²) in [5, 5.41) is 11.4. The number of benzene rings is 1. The van der Waals surface area contributed by atoms with Crippen LogP contribution in [0.25, 0.3) is 11.3 Å². The van der Waals surface area contributed by atoms with Crippen LogP contribution in [-0.2, 0) is 15.3 Å². The van der Waals surface area contributed by atoms with Gasteiger partial charge in [-0.2, -0.15) is 0 Å². The second kappa shape index (κ2) is 8.75. The van der Waals surface area contributed by atoms with Crippen molar-refractivity contribution in [3.63, 3.8) is 0 Å². The van der Waals surface area contributed by atoms with Gasteiger partial charge in [0.05, 0.1) is 23.6 Å². The molecule has 0 aliphatic carbocycles. The smallest absolute Gasteiger partial charge is 0.305 e. The molecule has 2 N–H and O–H groups in total. The molecule has 8 heteroatoms. The summed E-state index contributed by atoms with van der Waals surface area (Å²) in [5.41, 5.74) is 0.877. The van der Waals surface area contributed by atoms with Crippen LogP contribution in [0.1, 0.15) is 19.2 Å². The van der Waals surface area contributed by atoms with E-state index < -0.39 is 5.97 Å². The molecule has 1 aromatic carbocycles. The van der Waals surface area contributed by atoms with Gasteiger partial charge in [0.15, 0.2) is 5.76 Å². The number of rotatable bonds is 8. The molecular formula is C16H17ClN2O4S. The highest BCUT2D eigenvalue weighted by Crippen LogP contribution is 2.25. The number of hydrogen-bond donors (Lipinski definition) is 2. The molecule has 2 rings (SSSR count). The summed E-state index contributed by atoms with van der Waals surface area (Å²) < 4.78 is 5.67. The van der Waals surface area contributed by atoms with Crippen molar-refractivity contribution < 1.29 is 19.1 Å². The Labute approximate surface area is 148 Å². The highest BCUT2D eigenvalue weighted by Gasteiger charge is 2.15. The summed E-state index contributed by atoms with van der Waals surface area (Å²) in [7, 11) is 0. The maximum absolute atomic E-state index is 11.8. The largest absolute Gasteiger partial charge is 0.481 e. The SMILES string of the molecule is CC(SCc1ncc(-c2ccc(Cl)cc2)o1)C(=O)NCCC(=O)O. The molecule has 1 unspecified atom stereocenters. The summed E-state index contributed by atoms with van der Waals surface area (Å²) in [6.45, 7) is 1.88. The third-order valence-corrected chi connectivity index (χ3v) is 4.53. The molecule has 0 spiro atoms. The van der Waals surface area contributed by atoms with Crippen molar-refractivity contribution in [2.24, 2.45) is 0 Å². The van der Waals surface area contributed by atoms with Crippen LogP contribution in [0.4, 0.5) is 0 Å². The lowest BCUT2D eigenvalue weighted by atomic mass is 10.2. The number of carboxylic acid groups (broad SMARTS) is 1. The fourth-order valence-corrected chi connectivity index (χ4v) is 2.72. The van der Waals surface area contributed by atoms with Gasteiger partial charge in [-0.15, -0.1) is 11.8 Å². The zero-order valence-corrected chi connectivity index (χ0v) is 14.6. The zero-order valence-electron chi connectivity index (χ0n) is 13.0. The second-order valence-corrected chi connectivity index (χ2v) is 6.78. The first-order valence-corrected chi connectivity index (χ1v) is 8.70. The molecule has 1 heterocycles. The first kappa shape index (κ1) is 18.4. The van der Waals surface area contributed by atoms with Crippen LogP contribution >= 0.6 is 23.4 Å². The summed E-state index contributed by atoms with van der Waals surface area (Å²) in [4.78, 5) is 26.4. The summed E-state index contributed by atoms with van der Waals surface area (Å²) >= 11 is 7.22. The Morgan fingerprint density at radius 1 is 1.38 bits per heavy atom. The van der Waals surface area contributed by atoms with Crippen LogP contribution in [0.15, 0.2) is 34.9 Å². The Balaban J connectivity index is 1.83. The Morgan fingerprint density at radius 2 is 2.08 bits per heavy atom. The minimum Gasteiger partial charge on any atom is -0.481 e. The fraction of sp³-hybridized carbons (Fsp3) is 0.312. The predicted molar refractivity (Wildman–Crippen MR) is 93.0 cm³/mol. The number of thioether (sulfide) groups is 1. The third-order valence-electron chi connectivity index (χ3n) is 3.15. The monoisotopic (exact) mass is 368 g/mol. The molecule has 1 amide bonds. The predicted octanol–water partition coefficient (Wildman–Crippen LogP) is 3.21. The van der Waals surface area contributed by atoms with Gasteiger partial charge in [0.2, 0.25) is 11.8 Å². The number of amides is 1. The van der Waals surface area contributed by atoms with Gasteiger partial charge in [0, 0.05) is 17.1 Å². The molecule has 0 fully saturated rings. The van der Waals surface area contributed by atoms with E-state index in [0.29, 0.717) is 22.4 Å². The van der Waals surface area contributed by atoms with E-state index in [-0.39, 0.29) is 24.1 Å². The van der Waals surface area contributed by atoms with E-state index in [9.17, 15) is 9.59 Å². The number of nitrogens with zero attached hydrogens (tertiary/aromatic N) is 1. The normalized spacial score (nSPS) is 11.9. The zero-order chi connectivity index (χ0) is 17.5. The first-order chi connectivity index (χ1) is 11.5. The number of aliphatic carboxylic acids is 1. The van der Waals surface area contributed by atoms with Gasteiger partial charge in [-0.3, -0.25) is 9.59 Å². The molecule has 1 aromatic heterocycles. The van der Waals surface area contributed by atoms with Crippen LogP contribution in [0.5, 0.6) is 0 Å². The Bertz CT molecular complexity index is 702. The molecule has 128 valence electrons. The Hall–Kier alpha value is -1.99. The number of halogens is 1. The Morgan fingerprint density at radius 3 is 2.75 bits per heavy atom. The number of carbonyl (C=O) groups is 2. The first-order valence-electron chi connectivity index (χ1n) is 7.27. The molecular weight excluding hydrogens is 352 g/mol. The number of carbonyl (C=O) groups excluding carboxylic acids is 1. The van der Waals surface area contributed by atoms with Gasteiger partial charge in [-0.05, 0) is 31.2 Å². The van der Waals surface area contributed by atoms with Gasteiger partial charge >= 0.3 is 5.97 Å². The summed E-state index contributed by atoms with van der Waals surface area (Å²) in [6.07, 6.45) is 1.55. The van der Waals surface area contributed by atoms with Gasteiger partial charge in [0.1, 0.15) is 0 Å². The van der Waals surface area contributed by atoms with Crippen molar-refractivity contribution in [1.82, 2.24) is 10.3 Å². The van der Waals surface area contributed by atoms with Crippen molar-refractivity contribution in [1.29, 1.82) is 0 Å². The molecule has 24 heavy (non-hydrogen) atoms. The van der Waals surface area contributed by atoms with Crippen molar-refractivity contribution in [2.45, 2.75) is 24.3 Å². The maximum atomic E-state index is 11.8. The number of oxazole rings is 1. The fourth-order valence-electron chi connectivity index (χ4n) is 1.83. The minimum atomic E-state index is -0.940. The number of nitrogens with one attached hydrogen (secondary N) is 1. The highest BCUT2D eigenvalue weighted by atomic mass is 35.5. The average Bonchev–Trinajstić information content (AvgIpc) is 3.01. The van der Waals surface area contributed by atoms with Gasteiger partial charge < -0.3 is 14.8 Å². The standard InChI is InChI=1S/C16H17ClN2O4S/c1-10(16(22)18-7-6-15(20)21)24-9-14-19-8-13(23-14)11-2-4-12(17)5-3-11/h2-5,8,10H,6-7,9H2,1H3,(H,18,22)(H,20,21). The van der Waals surface area contributed by atoms with Crippen molar-refractivity contribution in [2.75, 3.05) is 6.54 Å². The summed E-state index contributed by atoms with van der Waals surface area (Å²) in [5.74, 6) is 0.466. The number of carboxylic acids is 1. The van der Waals surface area contributed by atoms with E-state index in [1.807, 2.05) is 12.1 Å². The van der Waals surface area contributed by atoms with E-state index >= 15 is 0 Å². The molecule has 0 bridgehead atoms. The molecule has 1 atom stereocenters. The molecule has 0 saturated carbocycles. The van der Waals surface area contributed by atoms with Crippen molar-refractivity contribution in [3.8, 4) is 11.3 Å². The van der Waals surface area contributed by atoms with Crippen molar-refractivity contribution >= 4 is 35.2 Å². The van der Waals surface area contributed by atoms with Gasteiger partial charge in [-0.1, -0.05) is 11.6 Å². The maximum Gasteiger partial charge on any atom is 0.305 e. The topological polar surface area (TPSA) is 92.4 Å². The van der Waals surface area contributed by atoms with Crippen LogP contribution < -0.4 is 5.32 Å². The molecule has 0 radical (unpaired) electrons. The van der Waals surface area contributed by atoms with E-state index in [0.717, 1.165) is 5.56 Å². The van der Waals surface area contributed by atoms with Gasteiger partial charge in [-0.25, -0.2) is 4.98 Å². The molecule has 0 aliphatic heterocycles. The Kier molecular flexibility index (Phi) is 6.69. The lowest BCUT2D eigenvalue weighted by molar-refractivity contribution is -0.136. The van der Waals surface area contributed by atoms with E-state index in [2.05, 4.69) is 10.3 Å². The van der Waals surface area contributed by atoms with Crippen LogP contribution in [0, 0.1) is 0 Å². The number of aromatic nitrogens is 1. The average molecular weight is 369 g/mol. The highest BCUT2D eigenvalue weighted by molar-refractivity contribution is 7.99. The van der Waals surface area contributed by atoms with Crippen LogP contribution in [-0.4, -0.2) is 33.8 Å².